The fraction of sp³-hybridized carbons (Fsp3) is 0.100. The molecular weight excluding hydrogens is 208 g/mol. The van der Waals surface area contributed by atoms with Crippen LogP contribution < -0.4 is 0 Å². The second-order valence-electron chi connectivity index (χ2n) is 3.26. The highest BCUT2D eigenvalue weighted by molar-refractivity contribution is 5.74. The SMILES string of the molecule is OCc1noc(-c2cnn3ccccc23)n1. The molecule has 0 aromatic carbocycles. The molecule has 0 amide bonds. The lowest BCUT2D eigenvalue weighted by molar-refractivity contribution is 0.264. The van der Waals surface area contributed by atoms with Crippen LogP contribution in [0.4, 0.5) is 0 Å². The average Bonchev–Trinajstić information content (AvgIpc) is 2.94. The van der Waals surface area contributed by atoms with Gasteiger partial charge >= 0.3 is 0 Å². The van der Waals surface area contributed by atoms with Gasteiger partial charge < -0.3 is 9.63 Å². The van der Waals surface area contributed by atoms with Crippen LogP contribution in [0.15, 0.2) is 35.1 Å². The van der Waals surface area contributed by atoms with Gasteiger partial charge in [-0.05, 0) is 12.1 Å². The highest BCUT2D eigenvalue weighted by Crippen LogP contribution is 2.22. The van der Waals surface area contributed by atoms with Crippen molar-refractivity contribution < 1.29 is 9.63 Å². The summed E-state index contributed by atoms with van der Waals surface area (Å²) in [5.74, 6) is 0.635. The van der Waals surface area contributed by atoms with Gasteiger partial charge in [0.1, 0.15) is 6.61 Å². The molecule has 6 heteroatoms. The molecule has 0 saturated heterocycles. The molecule has 0 bridgehead atoms. The van der Waals surface area contributed by atoms with Crippen LogP contribution in [0.1, 0.15) is 5.82 Å². The zero-order chi connectivity index (χ0) is 11.0. The number of rotatable bonds is 2. The van der Waals surface area contributed by atoms with Gasteiger partial charge in [-0.2, -0.15) is 10.1 Å². The first-order valence-corrected chi connectivity index (χ1v) is 4.74. The first-order valence-electron chi connectivity index (χ1n) is 4.74. The van der Waals surface area contributed by atoms with Crippen molar-refractivity contribution in [3.8, 4) is 11.5 Å². The number of nitrogens with zero attached hydrogens (tertiary/aromatic N) is 4. The fourth-order valence-electron chi connectivity index (χ4n) is 1.53. The minimum atomic E-state index is -0.233. The van der Waals surface area contributed by atoms with E-state index in [0.717, 1.165) is 11.1 Å². The van der Waals surface area contributed by atoms with E-state index in [1.807, 2.05) is 24.4 Å². The summed E-state index contributed by atoms with van der Waals surface area (Å²) in [5.41, 5.74) is 1.64. The molecule has 0 aliphatic rings. The molecular formula is C10H8N4O2. The summed E-state index contributed by atoms with van der Waals surface area (Å²) in [4.78, 5) is 4.04. The molecule has 3 aromatic heterocycles. The lowest BCUT2D eigenvalue weighted by atomic mass is 10.2. The maximum absolute atomic E-state index is 8.86. The van der Waals surface area contributed by atoms with Crippen molar-refractivity contribution in [3.05, 3.63) is 36.4 Å². The van der Waals surface area contributed by atoms with Crippen molar-refractivity contribution in [1.82, 2.24) is 19.8 Å². The van der Waals surface area contributed by atoms with Gasteiger partial charge in [-0.15, -0.1) is 0 Å². The minimum Gasteiger partial charge on any atom is -0.388 e. The fourth-order valence-corrected chi connectivity index (χ4v) is 1.53. The number of hydrogen-bond acceptors (Lipinski definition) is 5. The molecule has 0 fully saturated rings. The quantitative estimate of drug-likeness (QED) is 0.688. The van der Waals surface area contributed by atoms with Crippen molar-refractivity contribution in [2.45, 2.75) is 6.61 Å². The van der Waals surface area contributed by atoms with E-state index in [9.17, 15) is 0 Å². The van der Waals surface area contributed by atoms with Crippen LogP contribution in [0.2, 0.25) is 0 Å². The molecule has 6 nitrogen and oxygen atoms in total. The molecule has 0 atom stereocenters. The van der Waals surface area contributed by atoms with Crippen LogP contribution in [0.3, 0.4) is 0 Å². The van der Waals surface area contributed by atoms with E-state index >= 15 is 0 Å². The van der Waals surface area contributed by atoms with Crippen LogP contribution >= 0.6 is 0 Å². The molecule has 0 radical (unpaired) electrons. The van der Waals surface area contributed by atoms with Crippen molar-refractivity contribution in [2.75, 3.05) is 0 Å². The molecule has 0 aliphatic carbocycles. The molecule has 1 N–H and O–H groups in total. The van der Waals surface area contributed by atoms with Crippen LogP contribution in [0.25, 0.3) is 17.0 Å². The predicted octanol–water partition coefficient (Wildman–Crippen LogP) is 0.877. The second kappa shape index (κ2) is 3.42. The summed E-state index contributed by atoms with van der Waals surface area (Å²) in [5, 5.41) is 16.6. The Morgan fingerprint density at radius 1 is 1.38 bits per heavy atom. The van der Waals surface area contributed by atoms with E-state index < -0.39 is 0 Å². The lowest BCUT2D eigenvalue weighted by Crippen LogP contribution is -1.85. The minimum absolute atomic E-state index is 0.233. The smallest absolute Gasteiger partial charge is 0.261 e. The second-order valence-corrected chi connectivity index (χ2v) is 3.26. The molecule has 3 heterocycles. The molecule has 3 aromatic rings. The molecule has 0 unspecified atom stereocenters. The maximum Gasteiger partial charge on any atom is 0.261 e. The number of hydrogen-bond donors (Lipinski definition) is 1. The van der Waals surface area contributed by atoms with E-state index in [2.05, 4.69) is 15.2 Å². The molecule has 16 heavy (non-hydrogen) atoms. The zero-order valence-corrected chi connectivity index (χ0v) is 8.24. The Morgan fingerprint density at radius 2 is 2.31 bits per heavy atom. The topological polar surface area (TPSA) is 76.5 Å². The van der Waals surface area contributed by atoms with Gasteiger partial charge in [0.2, 0.25) is 0 Å². The van der Waals surface area contributed by atoms with Crippen molar-refractivity contribution in [3.63, 3.8) is 0 Å². The van der Waals surface area contributed by atoms with Crippen molar-refractivity contribution >= 4 is 5.52 Å². The van der Waals surface area contributed by atoms with Gasteiger partial charge in [-0.1, -0.05) is 11.2 Å². The summed E-state index contributed by atoms with van der Waals surface area (Å²) in [6.45, 7) is -0.233. The number of fused-ring (bicyclic) bond motifs is 1. The van der Waals surface area contributed by atoms with E-state index in [0.29, 0.717) is 5.89 Å². The Kier molecular flexibility index (Phi) is 1.94. The predicted molar refractivity (Wildman–Crippen MR) is 54.4 cm³/mol. The van der Waals surface area contributed by atoms with Crippen molar-refractivity contribution in [1.29, 1.82) is 0 Å². The Balaban J connectivity index is 2.18. The van der Waals surface area contributed by atoms with Crippen molar-refractivity contribution in [2.24, 2.45) is 0 Å². The van der Waals surface area contributed by atoms with E-state index in [1.54, 1.807) is 10.7 Å². The number of aliphatic hydroxyl groups excluding tert-OH is 1. The monoisotopic (exact) mass is 216 g/mol. The van der Waals surface area contributed by atoms with Crippen LogP contribution in [0, 0.1) is 0 Å². The molecule has 3 rings (SSSR count). The molecule has 0 aliphatic heterocycles. The first kappa shape index (κ1) is 9.05. The van der Waals surface area contributed by atoms with Crippen LogP contribution in [-0.2, 0) is 6.61 Å². The van der Waals surface area contributed by atoms with Crippen LogP contribution in [0.5, 0.6) is 0 Å². The highest BCUT2D eigenvalue weighted by atomic mass is 16.5. The van der Waals surface area contributed by atoms with Gasteiger partial charge in [0, 0.05) is 6.20 Å². The van der Waals surface area contributed by atoms with E-state index in [-0.39, 0.29) is 12.4 Å². The third-order valence-electron chi connectivity index (χ3n) is 2.27. The largest absolute Gasteiger partial charge is 0.388 e. The first-order chi connectivity index (χ1) is 7.88. The Hall–Kier alpha value is -2.21. The summed E-state index contributed by atoms with van der Waals surface area (Å²) in [7, 11) is 0. The van der Waals surface area contributed by atoms with Gasteiger partial charge in [-0.25, -0.2) is 4.52 Å². The zero-order valence-electron chi connectivity index (χ0n) is 8.24. The average molecular weight is 216 g/mol. The summed E-state index contributed by atoms with van der Waals surface area (Å²) in [6.07, 6.45) is 3.49. The van der Waals surface area contributed by atoms with E-state index in [4.69, 9.17) is 9.63 Å². The lowest BCUT2D eigenvalue weighted by Gasteiger charge is -1.91. The molecule has 80 valence electrons. The number of aliphatic hydroxyl groups is 1. The van der Waals surface area contributed by atoms with Gasteiger partial charge in [-0.3, -0.25) is 0 Å². The third-order valence-corrected chi connectivity index (χ3v) is 2.27. The summed E-state index contributed by atoms with van der Waals surface area (Å²) < 4.78 is 6.75. The third kappa shape index (κ3) is 1.28. The standard InChI is InChI=1S/C10H8N4O2/c15-6-9-12-10(16-13-9)7-5-11-14-4-2-1-3-8(7)14/h1-5,15H,6H2. The van der Waals surface area contributed by atoms with Gasteiger partial charge in [0.15, 0.2) is 5.82 Å². The Labute approximate surface area is 90.1 Å². The summed E-state index contributed by atoms with van der Waals surface area (Å²) >= 11 is 0. The highest BCUT2D eigenvalue weighted by Gasteiger charge is 2.12. The normalized spacial score (nSPS) is 11.1. The Morgan fingerprint density at radius 3 is 3.12 bits per heavy atom. The number of pyridine rings is 1. The summed E-state index contributed by atoms with van der Waals surface area (Å²) in [6, 6.07) is 5.70. The van der Waals surface area contributed by atoms with Gasteiger partial charge in [0.25, 0.3) is 5.89 Å². The number of aromatic nitrogens is 4. The maximum atomic E-state index is 8.86. The van der Waals surface area contributed by atoms with E-state index in [1.165, 1.54) is 0 Å². The van der Waals surface area contributed by atoms with Crippen LogP contribution in [-0.4, -0.2) is 24.9 Å². The molecule has 0 spiro atoms. The molecule has 0 saturated carbocycles. The van der Waals surface area contributed by atoms with Gasteiger partial charge in [0.05, 0.1) is 17.3 Å². The Bertz CT molecular complexity index is 628.